The minimum Gasteiger partial charge on any atom is -0.385 e. The molecule has 0 saturated carbocycles. The first-order chi connectivity index (χ1) is 13.6. The third-order valence-corrected chi connectivity index (χ3v) is 7.11. The Balaban J connectivity index is 0.000000296. The first-order valence-corrected chi connectivity index (χ1v) is 11.8. The Morgan fingerprint density at radius 2 is 1.34 bits per heavy atom. The molecule has 3 nitrogen and oxygen atoms in total. The first-order valence-electron chi connectivity index (χ1n) is 9.86. The van der Waals surface area contributed by atoms with Crippen molar-refractivity contribution in [1.82, 2.24) is 0 Å². The Bertz CT molecular complexity index is 794. The average Bonchev–Trinajstić information content (AvgIpc) is 2.66. The summed E-state index contributed by atoms with van der Waals surface area (Å²) in [6.07, 6.45) is 2.04. The summed E-state index contributed by atoms with van der Waals surface area (Å²) in [6, 6.07) is 8.28. The molecule has 0 spiro atoms. The predicted molar refractivity (Wildman–Crippen MR) is 135 cm³/mol. The quantitative estimate of drug-likeness (QED) is 0.291. The van der Waals surface area contributed by atoms with E-state index in [1.165, 1.54) is 21.3 Å². The van der Waals surface area contributed by atoms with Crippen LogP contribution in [-0.4, -0.2) is 18.5 Å². The lowest BCUT2D eigenvalue weighted by atomic mass is 10.1. The van der Waals surface area contributed by atoms with Gasteiger partial charge in [0.05, 0.1) is 0 Å². The van der Waals surface area contributed by atoms with Crippen LogP contribution in [0.2, 0.25) is 0 Å². The number of amides is 1. The van der Waals surface area contributed by atoms with E-state index >= 15 is 0 Å². The van der Waals surface area contributed by atoms with Gasteiger partial charge < -0.3 is 5.32 Å². The largest absolute Gasteiger partial charge is 0.385 e. The zero-order valence-corrected chi connectivity index (χ0v) is 22.1. The number of hydrogen-bond donors (Lipinski definition) is 1. The Hall–Kier alpha value is -1.04. The minimum atomic E-state index is -0.428. The normalized spacial score (nSPS) is 10.2. The number of anilines is 2. The number of halogens is 3. The van der Waals surface area contributed by atoms with Crippen LogP contribution in [0.3, 0.4) is 0 Å². The van der Waals surface area contributed by atoms with Gasteiger partial charge in [0.2, 0.25) is 0 Å². The maximum atomic E-state index is 11.3. The maximum Gasteiger partial charge on any atom is 0.320 e. The lowest BCUT2D eigenvalue weighted by molar-refractivity contribution is 0.264. The molecule has 0 fully saturated rings. The lowest BCUT2D eigenvalue weighted by Crippen LogP contribution is -2.26. The SMILES string of the molecule is CCCN(C(=O)Cl)c1cc(C)c(Br)c(C)c1.CCCNc1cc(C)c(Br)c(C)c1. The molecule has 0 heterocycles. The summed E-state index contributed by atoms with van der Waals surface area (Å²) in [7, 11) is 0. The van der Waals surface area contributed by atoms with Crippen molar-refractivity contribution in [3.8, 4) is 0 Å². The van der Waals surface area contributed by atoms with Gasteiger partial charge in [-0.05, 0) is 98.7 Å². The zero-order chi connectivity index (χ0) is 22.1. The highest BCUT2D eigenvalue weighted by molar-refractivity contribution is 9.10. The summed E-state index contributed by atoms with van der Waals surface area (Å²) >= 11 is 12.6. The Morgan fingerprint density at radius 3 is 1.72 bits per heavy atom. The molecule has 1 N–H and O–H groups in total. The van der Waals surface area contributed by atoms with Gasteiger partial charge in [0.15, 0.2) is 0 Å². The molecular weight excluding hydrogens is 516 g/mol. The topological polar surface area (TPSA) is 32.3 Å². The average molecular weight is 547 g/mol. The maximum absolute atomic E-state index is 11.3. The molecule has 0 atom stereocenters. The fourth-order valence-electron chi connectivity index (χ4n) is 2.94. The van der Waals surface area contributed by atoms with Gasteiger partial charge in [-0.15, -0.1) is 0 Å². The van der Waals surface area contributed by atoms with E-state index in [0.717, 1.165) is 40.7 Å². The highest BCUT2D eigenvalue weighted by Gasteiger charge is 2.14. The number of hydrogen-bond acceptors (Lipinski definition) is 2. The molecule has 29 heavy (non-hydrogen) atoms. The van der Waals surface area contributed by atoms with Crippen LogP contribution >= 0.6 is 43.5 Å². The summed E-state index contributed by atoms with van der Waals surface area (Å²) in [5.41, 5.74) is 6.88. The lowest BCUT2D eigenvalue weighted by Gasteiger charge is -2.20. The molecule has 0 aliphatic heterocycles. The van der Waals surface area contributed by atoms with Crippen molar-refractivity contribution in [2.24, 2.45) is 0 Å². The van der Waals surface area contributed by atoms with Gasteiger partial charge in [-0.25, -0.2) is 0 Å². The number of benzene rings is 2. The summed E-state index contributed by atoms with van der Waals surface area (Å²) in [4.78, 5) is 12.9. The van der Waals surface area contributed by atoms with Crippen molar-refractivity contribution in [2.45, 2.75) is 54.4 Å². The molecular formula is C23H31Br2ClN2O. The van der Waals surface area contributed by atoms with Gasteiger partial charge in [-0.2, -0.15) is 0 Å². The summed E-state index contributed by atoms with van der Waals surface area (Å²) < 4.78 is 2.30. The van der Waals surface area contributed by atoms with Crippen LogP contribution in [-0.2, 0) is 0 Å². The van der Waals surface area contributed by atoms with Crippen molar-refractivity contribution >= 4 is 60.2 Å². The number of carbonyl (C=O) groups excluding carboxylic acids is 1. The molecule has 6 heteroatoms. The highest BCUT2D eigenvalue weighted by atomic mass is 79.9. The number of nitrogens with zero attached hydrogens (tertiary/aromatic N) is 1. The summed E-state index contributed by atoms with van der Waals surface area (Å²) in [6.45, 7) is 14.1. The standard InChI is InChI=1S/C12H15BrClNO.C11H16BrN/c1-4-5-15(12(14)16)10-6-8(2)11(13)9(3)7-10;1-4-5-13-10-6-8(2)11(12)9(3)7-10/h6-7H,4-5H2,1-3H3;6-7,13H,4-5H2,1-3H3. The molecule has 0 aliphatic carbocycles. The van der Waals surface area contributed by atoms with Crippen LogP contribution in [0.4, 0.5) is 16.2 Å². The van der Waals surface area contributed by atoms with Crippen molar-refractivity contribution in [1.29, 1.82) is 0 Å². The Morgan fingerprint density at radius 1 is 0.897 bits per heavy atom. The molecule has 0 radical (unpaired) electrons. The van der Waals surface area contributed by atoms with Crippen molar-refractivity contribution < 1.29 is 4.79 Å². The van der Waals surface area contributed by atoms with E-state index in [0.29, 0.717) is 6.54 Å². The molecule has 0 unspecified atom stereocenters. The van der Waals surface area contributed by atoms with Crippen LogP contribution in [0, 0.1) is 27.7 Å². The van der Waals surface area contributed by atoms with Crippen LogP contribution < -0.4 is 10.2 Å². The van der Waals surface area contributed by atoms with Gasteiger partial charge in [0.1, 0.15) is 0 Å². The van der Waals surface area contributed by atoms with Gasteiger partial charge in [0, 0.05) is 33.4 Å². The molecule has 0 aliphatic rings. The summed E-state index contributed by atoms with van der Waals surface area (Å²) in [5.74, 6) is 0. The van der Waals surface area contributed by atoms with Crippen molar-refractivity contribution in [3.05, 3.63) is 55.5 Å². The molecule has 2 rings (SSSR count). The molecule has 2 aromatic carbocycles. The van der Waals surface area contributed by atoms with E-state index in [9.17, 15) is 4.79 Å². The number of aryl methyl sites for hydroxylation is 4. The van der Waals surface area contributed by atoms with Crippen molar-refractivity contribution in [3.63, 3.8) is 0 Å². The summed E-state index contributed by atoms with van der Waals surface area (Å²) in [5, 5.41) is 2.95. The van der Waals surface area contributed by atoms with Gasteiger partial charge in [-0.1, -0.05) is 45.7 Å². The van der Waals surface area contributed by atoms with Gasteiger partial charge in [-0.3, -0.25) is 9.69 Å². The molecule has 0 aromatic heterocycles. The molecule has 2 aromatic rings. The van der Waals surface area contributed by atoms with E-state index < -0.39 is 5.37 Å². The van der Waals surface area contributed by atoms with Crippen LogP contribution in [0.1, 0.15) is 48.9 Å². The molecule has 0 bridgehead atoms. The molecule has 1 amide bonds. The van der Waals surface area contributed by atoms with Crippen LogP contribution in [0.15, 0.2) is 33.2 Å². The number of nitrogens with one attached hydrogen (secondary N) is 1. The fourth-order valence-corrected chi connectivity index (χ4v) is 3.58. The highest BCUT2D eigenvalue weighted by Crippen LogP contribution is 2.28. The smallest absolute Gasteiger partial charge is 0.320 e. The number of rotatable bonds is 6. The monoisotopic (exact) mass is 544 g/mol. The van der Waals surface area contributed by atoms with Crippen LogP contribution in [0.5, 0.6) is 0 Å². The second-order valence-electron chi connectivity index (χ2n) is 7.15. The van der Waals surface area contributed by atoms with Crippen LogP contribution in [0.25, 0.3) is 0 Å². The van der Waals surface area contributed by atoms with Crippen molar-refractivity contribution in [2.75, 3.05) is 23.3 Å². The molecule has 160 valence electrons. The second-order valence-corrected chi connectivity index (χ2v) is 9.06. The third kappa shape index (κ3) is 7.95. The van der Waals surface area contributed by atoms with E-state index in [1.54, 1.807) is 4.90 Å². The van der Waals surface area contributed by atoms with E-state index in [1.807, 2.05) is 32.9 Å². The predicted octanol–water partition coefficient (Wildman–Crippen LogP) is 8.53. The van der Waals surface area contributed by atoms with Gasteiger partial charge >= 0.3 is 5.37 Å². The third-order valence-electron chi connectivity index (χ3n) is 4.41. The zero-order valence-electron chi connectivity index (χ0n) is 18.1. The first kappa shape index (κ1) is 26.0. The van der Waals surface area contributed by atoms with E-state index in [2.05, 4.69) is 70.1 Å². The fraction of sp³-hybridized carbons (Fsp3) is 0.435. The number of carbonyl (C=O) groups is 1. The Labute approximate surface area is 197 Å². The van der Waals surface area contributed by atoms with Gasteiger partial charge in [0.25, 0.3) is 0 Å². The van der Waals surface area contributed by atoms with E-state index in [-0.39, 0.29) is 0 Å². The second kappa shape index (κ2) is 12.6. The molecule has 0 saturated heterocycles. The Kier molecular flexibility index (Phi) is 11.3. The van der Waals surface area contributed by atoms with E-state index in [4.69, 9.17) is 11.6 Å². The minimum absolute atomic E-state index is 0.428.